The van der Waals surface area contributed by atoms with Gasteiger partial charge < -0.3 is 9.80 Å². The molecule has 0 saturated carbocycles. The molecule has 2 aliphatic rings. The van der Waals surface area contributed by atoms with Gasteiger partial charge in [0.05, 0.1) is 16.5 Å². The summed E-state index contributed by atoms with van der Waals surface area (Å²) >= 11 is 1.51. The lowest BCUT2D eigenvalue weighted by Gasteiger charge is -2.31. The van der Waals surface area contributed by atoms with E-state index in [1.165, 1.54) is 16.1 Å². The number of fused-ring (bicyclic) bond motifs is 1. The van der Waals surface area contributed by atoms with E-state index in [9.17, 15) is 18.0 Å². The van der Waals surface area contributed by atoms with Gasteiger partial charge in [-0.3, -0.25) is 9.59 Å². The molecule has 0 aliphatic carbocycles. The second kappa shape index (κ2) is 8.20. The molecule has 1 fully saturated rings. The topological polar surface area (TPSA) is 78.0 Å². The number of rotatable bonds is 6. The van der Waals surface area contributed by atoms with Crippen molar-refractivity contribution in [3.63, 3.8) is 0 Å². The molecule has 3 rings (SSSR count). The van der Waals surface area contributed by atoms with E-state index in [-0.39, 0.29) is 23.3 Å². The number of hydrogen-bond acceptors (Lipinski definition) is 5. The molecule has 27 heavy (non-hydrogen) atoms. The van der Waals surface area contributed by atoms with Crippen LogP contribution in [0.15, 0.2) is 23.1 Å². The number of benzene rings is 1. The van der Waals surface area contributed by atoms with Gasteiger partial charge in [-0.25, -0.2) is 8.42 Å². The summed E-state index contributed by atoms with van der Waals surface area (Å²) in [5, 5.41) is 0. The summed E-state index contributed by atoms with van der Waals surface area (Å²) < 4.78 is 26.9. The van der Waals surface area contributed by atoms with Gasteiger partial charge in [0.1, 0.15) is 6.54 Å². The number of nitrogens with zero attached hydrogens (tertiary/aromatic N) is 3. The lowest BCUT2D eigenvalue weighted by atomic mass is 10.0. The smallest absolute Gasteiger partial charge is 0.246 e. The van der Waals surface area contributed by atoms with Gasteiger partial charge in [0.15, 0.2) is 0 Å². The zero-order valence-corrected chi connectivity index (χ0v) is 17.3. The molecule has 9 heteroatoms. The number of sulfonamides is 1. The number of anilines is 1. The first-order valence-electron chi connectivity index (χ1n) is 9.17. The van der Waals surface area contributed by atoms with Crippen LogP contribution in [-0.2, 0) is 26.0 Å². The Bertz CT molecular complexity index is 837. The second-order valence-electron chi connectivity index (χ2n) is 6.60. The summed E-state index contributed by atoms with van der Waals surface area (Å²) in [5.74, 6) is 0.848. The summed E-state index contributed by atoms with van der Waals surface area (Å²) in [6, 6.07) is 5.00. The third kappa shape index (κ3) is 4.00. The zero-order valence-electron chi connectivity index (χ0n) is 15.7. The van der Waals surface area contributed by atoms with Crippen molar-refractivity contribution < 1.29 is 18.0 Å². The standard InChI is InChI=1S/C18H25N3O4S2/c1-3-20(4-2)27(24,25)15-7-8-16-14(10-15)6-5-9-21(16)17(22)11-19-13-26-12-18(19)23/h7-8,10H,3-6,9,11-13H2,1-2H3. The van der Waals surface area contributed by atoms with Crippen molar-refractivity contribution in [3.05, 3.63) is 23.8 Å². The van der Waals surface area contributed by atoms with Gasteiger partial charge >= 0.3 is 0 Å². The molecular formula is C18H25N3O4S2. The number of carbonyl (C=O) groups excluding carboxylic acids is 2. The lowest BCUT2D eigenvalue weighted by Crippen LogP contribution is -2.43. The molecule has 2 heterocycles. The largest absolute Gasteiger partial charge is 0.323 e. The summed E-state index contributed by atoms with van der Waals surface area (Å²) in [6.07, 6.45) is 1.51. The Morgan fingerprint density at radius 3 is 2.63 bits per heavy atom. The molecule has 0 bridgehead atoms. The first kappa shape index (κ1) is 20.2. The third-order valence-corrected chi connectivity index (χ3v) is 7.96. The Balaban J connectivity index is 1.84. The maximum absolute atomic E-state index is 12.8. The van der Waals surface area contributed by atoms with Gasteiger partial charge in [-0.05, 0) is 36.6 Å². The molecule has 1 aromatic rings. The molecule has 7 nitrogen and oxygen atoms in total. The molecule has 1 saturated heterocycles. The first-order chi connectivity index (χ1) is 12.9. The average Bonchev–Trinajstić information content (AvgIpc) is 3.06. The second-order valence-corrected chi connectivity index (χ2v) is 9.49. The fourth-order valence-electron chi connectivity index (χ4n) is 3.49. The minimum Gasteiger partial charge on any atom is -0.323 e. The van der Waals surface area contributed by atoms with Crippen molar-refractivity contribution in [2.24, 2.45) is 0 Å². The summed E-state index contributed by atoms with van der Waals surface area (Å²) in [4.78, 5) is 28.0. The summed E-state index contributed by atoms with van der Waals surface area (Å²) in [5.41, 5.74) is 1.62. The van der Waals surface area contributed by atoms with Crippen molar-refractivity contribution in [1.82, 2.24) is 9.21 Å². The van der Waals surface area contributed by atoms with Crippen molar-refractivity contribution >= 4 is 39.3 Å². The zero-order chi connectivity index (χ0) is 19.6. The number of carbonyl (C=O) groups is 2. The van der Waals surface area contributed by atoms with Gasteiger partial charge in [0, 0.05) is 25.3 Å². The molecule has 2 amide bonds. The molecule has 1 aromatic carbocycles. The van der Waals surface area contributed by atoms with E-state index in [2.05, 4.69) is 0 Å². The average molecular weight is 412 g/mol. The molecule has 0 radical (unpaired) electrons. The Morgan fingerprint density at radius 1 is 1.26 bits per heavy atom. The van der Waals surface area contributed by atoms with E-state index >= 15 is 0 Å². The van der Waals surface area contributed by atoms with Crippen LogP contribution < -0.4 is 4.90 Å². The van der Waals surface area contributed by atoms with E-state index in [4.69, 9.17) is 0 Å². The molecule has 0 spiro atoms. The Hall–Kier alpha value is -1.58. The molecule has 2 aliphatic heterocycles. The lowest BCUT2D eigenvalue weighted by molar-refractivity contribution is -0.131. The van der Waals surface area contributed by atoms with Gasteiger partial charge in [0.25, 0.3) is 0 Å². The van der Waals surface area contributed by atoms with E-state index < -0.39 is 10.0 Å². The van der Waals surface area contributed by atoms with Crippen LogP contribution in [0.2, 0.25) is 0 Å². The van der Waals surface area contributed by atoms with Crippen molar-refractivity contribution in [2.75, 3.05) is 42.7 Å². The maximum atomic E-state index is 12.8. The Labute approximate surface area is 164 Å². The number of amides is 2. The van der Waals surface area contributed by atoms with Crippen LogP contribution in [0.3, 0.4) is 0 Å². The fraction of sp³-hybridized carbons (Fsp3) is 0.556. The minimum absolute atomic E-state index is 0.00810. The normalized spacial score (nSPS) is 17.5. The molecule has 0 aromatic heterocycles. The summed E-state index contributed by atoms with van der Waals surface area (Å²) in [6.45, 7) is 5.13. The fourth-order valence-corrected chi connectivity index (χ4v) is 5.91. The van der Waals surface area contributed by atoms with Gasteiger partial charge in [-0.15, -0.1) is 11.8 Å². The van der Waals surface area contributed by atoms with Crippen LogP contribution in [0.1, 0.15) is 25.8 Å². The van der Waals surface area contributed by atoms with Crippen LogP contribution in [0.25, 0.3) is 0 Å². The maximum Gasteiger partial charge on any atom is 0.246 e. The van der Waals surface area contributed by atoms with Crippen molar-refractivity contribution in [3.8, 4) is 0 Å². The van der Waals surface area contributed by atoms with Gasteiger partial charge in [0.2, 0.25) is 21.8 Å². The molecule has 148 valence electrons. The van der Waals surface area contributed by atoms with Crippen LogP contribution in [-0.4, -0.2) is 67.2 Å². The van der Waals surface area contributed by atoms with E-state index in [1.807, 2.05) is 13.8 Å². The highest BCUT2D eigenvalue weighted by molar-refractivity contribution is 8.00. The quantitative estimate of drug-likeness (QED) is 0.709. The Kier molecular flexibility index (Phi) is 6.12. The van der Waals surface area contributed by atoms with Crippen LogP contribution in [0.4, 0.5) is 5.69 Å². The van der Waals surface area contributed by atoms with Crippen molar-refractivity contribution in [2.45, 2.75) is 31.6 Å². The number of thioether (sulfide) groups is 1. The van der Waals surface area contributed by atoms with E-state index in [0.29, 0.717) is 31.3 Å². The number of hydrogen-bond donors (Lipinski definition) is 0. The molecule has 0 unspecified atom stereocenters. The number of aryl methyl sites for hydroxylation is 1. The Morgan fingerprint density at radius 2 is 2.00 bits per heavy atom. The molecular weight excluding hydrogens is 386 g/mol. The van der Waals surface area contributed by atoms with Crippen molar-refractivity contribution in [1.29, 1.82) is 0 Å². The monoisotopic (exact) mass is 411 g/mol. The minimum atomic E-state index is -3.52. The predicted molar refractivity (Wildman–Crippen MR) is 106 cm³/mol. The SMILES string of the molecule is CCN(CC)S(=O)(=O)c1ccc2c(c1)CCCN2C(=O)CN1CSCC1=O. The highest BCUT2D eigenvalue weighted by Crippen LogP contribution is 2.31. The van der Waals surface area contributed by atoms with Crippen LogP contribution in [0, 0.1) is 0 Å². The van der Waals surface area contributed by atoms with Gasteiger partial charge in [-0.2, -0.15) is 4.31 Å². The highest BCUT2D eigenvalue weighted by atomic mass is 32.2. The molecule has 0 N–H and O–H groups in total. The first-order valence-corrected chi connectivity index (χ1v) is 11.8. The van der Waals surface area contributed by atoms with E-state index in [1.54, 1.807) is 28.0 Å². The highest BCUT2D eigenvalue weighted by Gasteiger charge is 2.29. The third-order valence-electron chi connectivity index (χ3n) is 4.97. The van der Waals surface area contributed by atoms with E-state index in [0.717, 1.165) is 24.1 Å². The van der Waals surface area contributed by atoms with Crippen LogP contribution >= 0.6 is 11.8 Å². The molecule has 0 atom stereocenters. The summed E-state index contributed by atoms with van der Waals surface area (Å²) in [7, 11) is -3.52. The predicted octanol–water partition coefficient (Wildman–Crippen LogP) is 1.53. The van der Waals surface area contributed by atoms with Gasteiger partial charge in [-0.1, -0.05) is 13.8 Å². The van der Waals surface area contributed by atoms with Crippen LogP contribution in [0.5, 0.6) is 0 Å².